The van der Waals surface area contributed by atoms with E-state index in [2.05, 4.69) is 35.9 Å². The van der Waals surface area contributed by atoms with Gasteiger partial charge in [0.15, 0.2) is 0 Å². The summed E-state index contributed by atoms with van der Waals surface area (Å²) in [6, 6.07) is 4.96. The summed E-state index contributed by atoms with van der Waals surface area (Å²) in [5.41, 5.74) is 1.93. The number of hydrogen-bond donors (Lipinski definition) is 4. The summed E-state index contributed by atoms with van der Waals surface area (Å²) < 4.78 is 0. The van der Waals surface area contributed by atoms with Crippen LogP contribution in [0, 0.1) is 5.92 Å². The Bertz CT molecular complexity index is 2090. The van der Waals surface area contributed by atoms with E-state index in [1.54, 1.807) is 18.6 Å². The Kier molecular flexibility index (Phi) is 12.4. The molecule has 4 heterocycles. The number of nitrogens with zero attached hydrogens (tertiary/aromatic N) is 6. The SMILES string of the molecule is CC(C)C[C@@H]1NC(=O)CN(C(=O)c2cnc(C3CC3)nc2)CCN(C)C(=O)[C@H](C)NC(=O)CN(C)C(=O)[C@@H](Cc2c[nH]c3ccccc23)NC(=O)c2csc1n2. The highest BCUT2D eigenvalue weighted by atomic mass is 32.1. The van der Waals surface area contributed by atoms with Crippen molar-refractivity contribution in [3.8, 4) is 0 Å². The summed E-state index contributed by atoms with van der Waals surface area (Å²) in [7, 11) is 3.00. The van der Waals surface area contributed by atoms with Gasteiger partial charge in [-0.05, 0) is 43.7 Å². The van der Waals surface area contributed by atoms with E-state index in [1.807, 2.05) is 38.1 Å². The second-order valence-electron chi connectivity index (χ2n) is 15.0. The molecule has 4 N–H and O–H groups in total. The molecule has 3 atom stereocenters. The van der Waals surface area contributed by atoms with Gasteiger partial charge < -0.3 is 35.6 Å². The monoisotopic (exact) mass is 784 g/mol. The van der Waals surface area contributed by atoms with E-state index in [0.717, 1.165) is 29.3 Å². The van der Waals surface area contributed by atoms with Crippen LogP contribution in [0.2, 0.25) is 0 Å². The van der Waals surface area contributed by atoms with E-state index in [1.165, 1.54) is 52.4 Å². The second kappa shape index (κ2) is 17.4. The first-order valence-corrected chi connectivity index (χ1v) is 19.7. The fourth-order valence-corrected chi connectivity index (χ4v) is 7.53. The van der Waals surface area contributed by atoms with Crippen molar-refractivity contribution >= 4 is 57.7 Å². The Hall–Kier alpha value is -5.71. The highest BCUT2D eigenvalue weighted by molar-refractivity contribution is 7.09. The van der Waals surface area contributed by atoms with Gasteiger partial charge >= 0.3 is 0 Å². The normalized spacial score (nSPS) is 21.1. The Labute approximate surface area is 328 Å². The maximum atomic E-state index is 14.0. The molecule has 3 aromatic heterocycles. The molecular formula is C39H48N10O6S. The number of para-hydroxylation sites is 1. The number of aromatic amines is 1. The van der Waals surface area contributed by atoms with Crippen LogP contribution in [-0.4, -0.2) is 122 Å². The van der Waals surface area contributed by atoms with Crippen molar-refractivity contribution in [1.82, 2.24) is 50.6 Å². The van der Waals surface area contributed by atoms with Crippen LogP contribution in [-0.2, 0) is 25.6 Å². The molecule has 2 bridgehead atoms. The van der Waals surface area contributed by atoms with Crippen LogP contribution in [0.3, 0.4) is 0 Å². The molecular weight excluding hydrogens is 737 g/mol. The number of carbonyl (C=O) groups excluding carboxylic acids is 6. The maximum Gasteiger partial charge on any atom is 0.271 e. The van der Waals surface area contributed by atoms with E-state index in [-0.39, 0.29) is 49.8 Å². The van der Waals surface area contributed by atoms with E-state index in [9.17, 15) is 28.8 Å². The van der Waals surface area contributed by atoms with Crippen molar-refractivity contribution in [1.29, 1.82) is 0 Å². The Morgan fingerprint density at radius 1 is 0.893 bits per heavy atom. The topological polar surface area (TPSA) is 203 Å². The number of hydrogen-bond acceptors (Lipinski definition) is 10. The van der Waals surface area contributed by atoms with Gasteiger partial charge in [0.25, 0.3) is 11.8 Å². The second-order valence-corrected chi connectivity index (χ2v) is 15.9. The van der Waals surface area contributed by atoms with Crippen molar-refractivity contribution in [2.45, 2.75) is 70.5 Å². The number of nitrogens with one attached hydrogen (secondary N) is 4. The Morgan fingerprint density at radius 2 is 1.61 bits per heavy atom. The van der Waals surface area contributed by atoms with E-state index in [0.29, 0.717) is 23.2 Å². The molecule has 6 amide bonds. The number of rotatable bonds is 6. The minimum absolute atomic E-state index is 0.00892. The van der Waals surface area contributed by atoms with Crippen molar-refractivity contribution in [2.75, 3.05) is 40.3 Å². The summed E-state index contributed by atoms with van der Waals surface area (Å²) in [5.74, 6) is -1.98. The summed E-state index contributed by atoms with van der Waals surface area (Å²) in [6.07, 6.45) is 7.33. The first-order chi connectivity index (χ1) is 26.8. The molecule has 1 aromatic carbocycles. The number of amides is 6. The van der Waals surface area contributed by atoms with Gasteiger partial charge in [0.1, 0.15) is 28.6 Å². The van der Waals surface area contributed by atoms with Gasteiger partial charge in [-0.2, -0.15) is 0 Å². The number of fused-ring (bicyclic) bond motifs is 3. The third kappa shape index (κ3) is 9.74. The first kappa shape index (κ1) is 40.0. The summed E-state index contributed by atoms with van der Waals surface area (Å²) in [4.78, 5) is 102. The molecule has 1 aliphatic carbocycles. The van der Waals surface area contributed by atoms with Crippen LogP contribution in [0.1, 0.15) is 89.2 Å². The van der Waals surface area contributed by atoms with Crippen LogP contribution in [0.5, 0.6) is 0 Å². The lowest BCUT2D eigenvalue weighted by Crippen LogP contribution is -2.53. The molecule has 0 unspecified atom stereocenters. The van der Waals surface area contributed by atoms with Crippen molar-refractivity contribution in [2.24, 2.45) is 5.92 Å². The van der Waals surface area contributed by atoms with Gasteiger partial charge in [-0.25, -0.2) is 15.0 Å². The maximum absolute atomic E-state index is 14.0. The summed E-state index contributed by atoms with van der Waals surface area (Å²) in [6.45, 7) is 4.85. The molecule has 1 aliphatic heterocycles. The molecule has 16 nitrogen and oxygen atoms in total. The van der Waals surface area contributed by atoms with Crippen LogP contribution < -0.4 is 16.0 Å². The largest absolute Gasteiger partial charge is 0.361 e. The fourth-order valence-electron chi connectivity index (χ4n) is 6.67. The molecule has 0 spiro atoms. The van der Waals surface area contributed by atoms with E-state index < -0.39 is 53.6 Å². The van der Waals surface area contributed by atoms with Crippen LogP contribution >= 0.6 is 11.3 Å². The predicted octanol–water partition coefficient (Wildman–Crippen LogP) is 2.41. The summed E-state index contributed by atoms with van der Waals surface area (Å²) in [5, 5.41) is 11.5. The minimum Gasteiger partial charge on any atom is -0.361 e. The fraction of sp³-hybridized carbons (Fsp3) is 0.462. The third-order valence-electron chi connectivity index (χ3n) is 9.87. The Morgan fingerprint density at radius 3 is 2.32 bits per heavy atom. The number of carbonyl (C=O) groups is 6. The zero-order valence-electron chi connectivity index (χ0n) is 32.2. The Balaban J connectivity index is 1.29. The zero-order chi connectivity index (χ0) is 40.1. The number of likely N-dealkylation sites (N-methyl/N-ethyl adjacent to an activating group) is 2. The standard InChI is InChI=1S/C39H48N10O6S/c1-22(2)14-29-36-46-31(21-56-36)35(52)45-30(15-25-16-40-28-9-7-6-8-27(25)28)39(55)48(5)19-32(50)43-23(3)37(53)47(4)12-13-49(20-33(51)44-29)38(54)26-17-41-34(42-18-26)24-10-11-24/h6-9,16-18,21-24,29-30,40H,10-15,19-20H2,1-5H3,(H,43,50)(H,44,51)(H,45,52)/t23-,29-,30+/m0/s1. The molecule has 296 valence electrons. The molecule has 0 radical (unpaired) electrons. The van der Waals surface area contributed by atoms with Gasteiger partial charge in [-0.15, -0.1) is 11.3 Å². The van der Waals surface area contributed by atoms with E-state index >= 15 is 0 Å². The first-order valence-electron chi connectivity index (χ1n) is 18.8. The molecule has 1 fully saturated rings. The predicted molar refractivity (Wildman–Crippen MR) is 208 cm³/mol. The van der Waals surface area contributed by atoms with Gasteiger partial charge in [-0.1, -0.05) is 32.0 Å². The minimum atomic E-state index is -1.08. The van der Waals surface area contributed by atoms with Crippen molar-refractivity contribution < 1.29 is 28.8 Å². The average Bonchev–Trinajstić information content (AvgIpc) is 3.76. The number of benzene rings is 1. The summed E-state index contributed by atoms with van der Waals surface area (Å²) >= 11 is 1.20. The molecule has 4 aromatic rings. The van der Waals surface area contributed by atoms with Gasteiger partial charge in [0.05, 0.1) is 24.7 Å². The molecule has 0 saturated heterocycles. The highest BCUT2D eigenvalue weighted by Gasteiger charge is 2.31. The van der Waals surface area contributed by atoms with Crippen molar-refractivity contribution in [3.63, 3.8) is 0 Å². The molecule has 6 rings (SSSR count). The third-order valence-corrected chi connectivity index (χ3v) is 10.8. The number of thiazole rings is 1. The number of aromatic nitrogens is 4. The van der Waals surface area contributed by atoms with E-state index in [4.69, 9.17) is 0 Å². The molecule has 1 saturated carbocycles. The zero-order valence-corrected chi connectivity index (χ0v) is 33.0. The van der Waals surface area contributed by atoms with Crippen LogP contribution in [0.4, 0.5) is 0 Å². The molecule has 17 heteroatoms. The van der Waals surface area contributed by atoms with Crippen LogP contribution in [0.15, 0.2) is 48.2 Å². The molecule has 56 heavy (non-hydrogen) atoms. The highest BCUT2D eigenvalue weighted by Crippen LogP contribution is 2.37. The van der Waals surface area contributed by atoms with Gasteiger partial charge in [0, 0.05) is 74.4 Å². The average molecular weight is 785 g/mol. The van der Waals surface area contributed by atoms with Gasteiger partial charge in [-0.3, -0.25) is 28.8 Å². The van der Waals surface area contributed by atoms with Crippen molar-refractivity contribution in [3.05, 3.63) is 75.9 Å². The lowest BCUT2D eigenvalue weighted by atomic mass is 10.0. The lowest BCUT2D eigenvalue weighted by molar-refractivity contribution is -0.138. The smallest absolute Gasteiger partial charge is 0.271 e. The quantitative estimate of drug-likeness (QED) is 0.227. The lowest BCUT2D eigenvalue weighted by Gasteiger charge is -2.28. The number of H-pyrrole nitrogens is 1. The molecule has 2 aliphatic rings. The van der Waals surface area contributed by atoms with Gasteiger partial charge in [0.2, 0.25) is 23.6 Å². The van der Waals surface area contributed by atoms with Crippen LogP contribution in [0.25, 0.3) is 10.9 Å².